The summed E-state index contributed by atoms with van der Waals surface area (Å²) in [4.78, 5) is 12.6. The number of amides is 1. The lowest BCUT2D eigenvalue weighted by atomic mass is 9.86. The maximum absolute atomic E-state index is 12.8. The lowest BCUT2D eigenvalue weighted by Crippen LogP contribution is -2.46. The van der Waals surface area contributed by atoms with Crippen molar-refractivity contribution in [1.29, 1.82) is 0 Å². The number of benzene rings is 1. The van der Waals surface area contributed by atoms with Gasteiger partial charge < -0.3 is 15.4 Å². The van der Waals surface area contributed by atoms with E-state index >= 15 is 0 Å². The van der Waals surface area contributed by atoms with Crippen LogP contribution in [0.3, 0.4) is 0 Å². The Kier molecular flexibility index (Phi) is 5.31. The average Bonchev–Trinajstić information content (AvgIpc) is 2.97. The van der Waals surface area contributed by atoms with Crippen LogP contribution in [0.2, 0.25) is 0 Å². The first-order valence-corrected chi connectivity index (χ1v) is 7.46. The Morgan fingerprint density at radius 1 is 1.48 bits per heavy atom. The number of ether oxygens (including phenoxy) is 1. The molecule has 2 N–H and O–H groups in total. The summed E-state index contributed by atoms with van der Waals surface area (Å²) in [5, 5.41) is 5.95. The average molecular weight is 330 g/mol. The largest absolute Gasteiger partial charge is 0.416 e. The molecule has 0 aliphatic carbocycles. The second kappa shape index (κ2) is 6.88. The van der Waals surface area contributed by atoms with Crippen LogP contribution in [-0.4, -0.2) is 32.7 Å². The van der Waals surface area contributed by atoms with Gasteiger partial charge >= 0.3 is 6.18 Å². The summed E-state index contributed by atoms with van der Waals surface area (Å²) >= 11 is 0. The molecular weight excluding hydrogens is 309 g/mol. The highest BCUT2D eigenvalue weighted by atomic mass is 19.4. The number of halogens is 3. The van der Waals surface area contributed by atoms with Crippen molar-refractivity contribution in [3.8, 4) is 0 Å². The normalized spacial score (nSPS) is 22.8. The van der Waals surface area contributed by atoms with Crippen LogP contribution in [0.1, 0.15) is 30.5 Å². The van der Waals surface area contributed by atoms with E-state index in [1.807, 2.05) is 0 Å². The standard InChI is InChI=1S/C16H21F3N2O2/c1-11(12-4-3-5-13(8-12)16(17,18)19)21-14(22)15(10-23-2)6-7-20-9-15/h3-5,8,11,20H,6-7,9-10H2,1-2H3,(H,21,22). The molecule has 2 atom stereocenters. The number of alkyl halides is 3. The van der Waals surface area contributed by atoms with Crippen LogP contribution < -0.4 is 10.6 Å². The molecule has 23 heavy (non-hydrogen) atoms. The van der Waals surface area contributed by atoms with Crippen LogP contribution in [0, 0.1) is 5.41 Å². The van der Waals surface area contributed by atoms with Crippen LogP contribution in [0.5, 0.6) is 0 Å². The summed E-state index contributed by atoms with van der Waals surface area (Å²) in [6, 6.07) is 4.50. The summed E-state index contributed by atoms with van der Waals surface area (Å²) in [6.45, 7) is 3.17. The molecule has 1 amide bonds. The fraction of sp³-hybridized carbons (Fsp3) is 0.562. The van der Waals surface area contributed by atoms with Gasteiger partial charge in [0.2, 0.25) is 5.91 Å². The van der Waals surface area contributed by atoms with Gasteiger partial charge in [-0.1, -0.05) is 12.1 Å². The molecule has 0 radical (unpaired) electrons. The van der Waals surface area contributed by atoms with Crippen molar-refractivity contribution in [3.63, 3.8) is 0 Å². The van der Waals surface area contributed by atoms with Crippen LogP contribution in [0.15, 0.2) is 24.3 Å². The number of carbonyl (C=O) groups is 1. The fourth-order valence-electron chi connectivity index (χ4n) is 2.82. The summed E-state index contributed by atoms with van der Waals surface area (Å²) < 4.78 is 43.5. The summed E-state index contributed by atoms with van der Waals surface area (Å²) in [5.41, 5.74) is -0.957. The fourth-order valence-corrected chi connectivity index (χ4v) is 2.82. The first-order valence-electron chi connectivity index (χ1n) is 7.46. The van der Waals surface area contributed by atoms with E-state index in [1.165, 1.54) is 13.2 Å². The van der Waals surface area contributed by atoms with Gasteiger partial charge in [0.05, 0.1) is 23.6 Å². The number of carbonyl (C=O) groups excluding carboxylic acids is 1. The topological polar surface area (TPSA) is 50.4 Å². The summed E-state index contributed by atoms with van der Waals surface area (Å²) in [7, 11) is 1.53. The molecule has 0 aromatic heterocycles. The highest BCUT2D eigenvalue weighted by Crippen LogP contribution is 2.31. The number of methoxy groups -OCH3 is 1. The van der Waals surface area contributed by atoms with E-state index in [4.69, 9.17) is 4.74 Å². The van der Waals surface area contributed by atoms with Gasteiger partial charge in [-0.3, -0.25) is 4.79 Å². The molecule has 1 saturated heterocycles. The molecule has 1 heterocycles. The molecule has 1 aliphatic rings. The van der Waals surface area contributed by atoms with E-state index in [-0.39, 0.29) is 12.5 Å². The Bertz CT molecular complexity index is 555. The van der Waals surface area contributed by atoms with E-state index in [2.05, 4.69) is 10.6 Å². The van der Waals surface area contributed by atoms with Crippen LogP contribution in [0.4, 0.5) is 13.2 Å². The summed E-state index contributed by atoms with van der Waals surface area (Å²) in [6.07, 6.45) is -3.76. The zero-order valence-electron chi connectivity index (χ0n) is 13.2. The molecular formula is C16H21F3N2O2. The Morgan fingerprint density at radius 2 is 2.22 bits per heavy atom. The Labute approximate surface area is 133 Å². The summed E-state index contributed by atoms with van der Waals surface area (Å²) in [5.74, 6) is -0.200. The first kappa shape index (κ1) is 17.7. The molecule has 4 nitrogen and oxygen atoms in total. The minimum absolute atomic E-state index is 0.200. The van der Waals surface area contributed by atoms with Crippen molar-refractivity contribution in [1.82, 2.24) is 10.6 Å². The maximum atomic E-state index is 12.8. The minimum atomic E-state index is -4.40. The van der Waals surface area contributed by atoms with Gasteiger partial charge in [-0.15, -0.1) is 0 Å². The first-order chi connectivity index (χ1) is 10.8. The third-order valence-corrected chi connectivity index (χ3v) is 4.21. The lowest BCUT2D eigenvalue weighted by molar-refractivity contribution is -0.137. The smallest absolute Gasteiger partial charge is 0.384 e. The number of hydrogen-bond donors (Lipinski definition) is 2. The second-order valence-electron chi connectivity index (χ2n) is 5.96. The lowest BCUT2D eigenvalue weighted by Gasteiger charge is -2.28. The third-order valence-electron chi connectivity index (χ3n) is 4.21. The molecule has 0 saturated carbocycles. The van der Waals surface area contributed by atoms with E-state index in [0.29, 0.717) is 25.1 Å². The van der Waals surface area contributed by atoms with Crippen LogP contribution in [0.25, 0.3) is 0 Å². The Hall–Kier alpha value is -1.60. The molecule has 2 rings (SSSR count). The van der Waals surface area contributed by atoms with Gasteiger partial charge in [-0.25, -0.2) is 0 Å². The van der Waals surface area contributed by atoms with Crippen molar-refractivity contribution in [2.45, 2.75) is 25.6 Å². The molecule has 128 valence electrons. The van der Waals surface area contributed by atoms with Gasteiger partial charge in [0.25, 0.3) is 0 Å². The van der Waals surface area contributed by atoms with Crippen LogP contribution in [-0.2, 0) is 15.7 Å². The highest BCUT2D eigenvalue weighted by Gasteiger charge is 2.41. The van der Waals surface area contributed by atoms with E-state index in [9.17, 15) is 18.0 Å². The van der Waals surface area contributed by atoms with Gasteiger partial charge in [-0.2, -0.15) is 13.2 Å². The predicted molar refractivity (Wildman–Crippen MR) is 79.8 cm³/mol. The molecule has 0 bridgehead atoms. The van der Waals surface area contributed by atoms with Gasteiger partial charge in [0, 0.05) is 13.7 Å². The van der Waals surface area contributed by atoms with E-state index in [1.54, 1.807) is 13.0 Å². The van der Waals surface area contributed by atoms with Crippen LogP contribution >= 0.6 is 0 Å². The van der Waals surface area contributed by atoms with Gasteiger partial charge in [0.15, 0.2) is 0 Å². The zero-order chi connectivity index (χ0) is 17.1. The van der Waals surface area contributed by atoms with E-state index in [0.717, 1.165) is 12.1 Å². The van der Waals surface area contributed by atoms with Crippen molar-refractivity contribution in [2.75, 3.05) is 26.8 Å². The molecule has 1 aromatic rings. The Morgan fingerprint density at radius 3 is 2.78 bits per heavy atom. The second-order valence-corrected chi connectivity index (χ2v) is 5.96. The SMILES string of the molecule is COCC1(C(=O)NC(C)c2cccc(C(F)(F)F)c2)CCNC1. The third kappa shape index (κ3) is 4.03. The van der Waals surface area contributed by atoms with Gasteiger partial charge in [-0.05, 0) is 37.6 Å². The molecule has 2 unspecified atom stereocenters. The highest BCUT2D eigenvalue weighted by molar-refractivity contribution is 5.83. The molecule has 1 fully saturated rings. The zero-order valence-corrected chi connectivity index (χ0v) is 13.2. The molecule has 7 heteroatoms. The van der Waals surface area contributed by atoms with Crippen molar-refractivity contribution in [3.05, 3.63) is 35.4 Å². The quantitative estimate of drug-likeness (QED) is 0.872. The Balaban J connectivity index is 2.12. The molecule has 1 aliphatic heterocycles. The number of nitrogens with one attached hydrogen (secondary N) is 2. The van der Waals surface area contributed by atoms with E-state index < -0.39 is 23.2 Å². The molecule has 1 aromatic carbocycles. The van der Waals surface area contributed by atoms with Crippen molar-refractivity contribution in [2.24, 2.45) is 5.41 Å². The maximum Gasteiger partial charge on any atom is 0.416 e. The predicted octanol–water partition coefficient (Wildman–Crippen LogP) is 2.51. The van der Waals surface area contributed by atoms with Gasteiger partial charge in [0.1, 0.15) is 0 Å². The monoisotopic (exact) mass is 330 g/mol. The minimum Gasteiger partial charge on any atom is -0.384 e. The number of hydrogen-bond acceptors (Lipinski definition) is 3. The number of rotatable bonds is 5. The van der Waals surface area contributed by atoms with Crippen molar-refractivity contribution < 1.29 is 22.7 Å². The van der Waals surface area contributed by atoms with Crippen molar-refractivity contribution >= 4 is 5.91 Å². The molecule has 0 spiro atoms.